The lowest BCUT2D eigenvalue weighted by Gasteiger charge is -2.48. The van der Waals surface area contributed by atoms with Crippen LogP contribution in [0.4, 0.5) is 13.2 Å². The Balaban J connectivity index is 1.50. The number of aromatic nitrogens is 2. The number of H-pyrrole nitrogens is 1. The van der Waals surface area contributed by atoms with Crippen molar-refractivity contribution in [2.24, 2.45) is 11.8 Å². The molecule has 6 nitrogen and oxygen atoms in total. The maximum Gasteiger partial charge on any atom is 0.239 e. The van der Waals surface area contributed by atoms with Crippen molar-refractivity contribution in [1.82, 2.24) is 20.2 Å². The van der Waals surface area contributed by atoms with Crippen LogP contribution in [0.15, 0.2) is 30.6 Å². The lowest BCUT2D eigenvalue weighted by atomic mass is 9.70. The van der Waals surface area contributed by atoms with E-state index in [1.807, 2.05) is 0 Å². The average molecular weight is 473 g/mol. The predicted octanol–water partition coefficient (Wildman–Crippen LogP) is 3.70. The van der Waals surface area contributed by atoms with Crippen molar-refractivity contribution in [3.63, 3.8) is 0 Å². The standard InChI is InChI=1S/C25H27F3N4O2/c1-13-11-32(24(33)20-4-3-6-29-20)12-14(2)25(13,34)22-17(26)8-15(9-18(22)27)16-5-7-30-23-21(16)19(28)10-31-23/h5,7-10,13-14,20,29,34H,3-4,6,11-12H2,1-2H3,(H,30,31)/t13-,14+,20-,25?/m0/s1. The normalized spacial score (nSPS) is 27.5. The number of carbonyl (C=O) groups is 1. The monoisotopic (exact) mass is 472 g/mol. The third-order valence-electron chi connectivity index (χ3n) is 7.44. The molecule has 2 aromatic heterocycles. The van der Waals surface area contributed by atoms with Crippen LogP contribution in [0.5, 0.6) is 0 Å². The number of likely N-dealkylation sites (tertiary alicyclic amines) is 1. The zero-order chi connectivity index (χ0) is 24.2. The van der Waals surface area contributed by atoms with Crippen molar-refractivity contribution in [3.05, 3.63) is 53.6 Å². The SMILES string of the molecule is C[C@@H]1CN(C(=O)[C@@H]2CCCN2)C[C@H](C)C1(O)c1c(F)cc(-c2ccnc3[nH]cc(F)c23)cc1F. The van der Waals surface area contributed by atoms with E-state index < -0.39 is 40.5 Å². The van der Waals surface area contributed by atoms with Gasteiger partial charge < -0.3 is 20.3 Å². The van der Waals surface area contributed by atoms with Gasteiger partial charge in [0.2, 0.25) is 5.91 Å². The molecule has 0 radical (unpaired) electrons. The average Bonchev–Trinajstić information content (AvgIpc) is 3.47. The van der Waals surface area contributed by atoms with E-state index in [4.69, 9.17) is 0 Å². The summed E-state index contributed by atoms with van der Waals surface area (Å²) in [6.07, 6.45) is 4.26. The lowest BCUT2D eigenvalue weighted by molar-refractivity contribution is -0.151. The molecule has 180 valence electrons. The number of rotatable bonds is 3. The summed E-state index contributed by atoms with van der Waals surface area (Å²) in [5, 5.41) is 15.0. The Labute approximate surface area is 195 Å². The summed E-state index contributed by atoms with van der Waals surface area (Å²) < 4.78 is 45.3. The Hall–Kier alpha value is -2.91. The summed E-state index contributed by atoms with van der Waals surface area (Å²) in [6, 6.07) is 3.49. The lowest BCUT2D eigenvalue weighted by Crippen LogP contribution is -2.58. The minimum absolute atomic E-state index is 0.0372. The molecule has 1 unspecified atom stereocenters. The quantitative estimate of drug-likeness (QED) is 0.543. The Morgan fingerprint density at radius 3 is 2.44 bits per heavy atom. The molecule has 1 amide bonds. The molecule has 9 heteroatoms. The van der Waals surface area contributed by atoms with Gasteiger partial charge in [0.1, 0.15) is 22.9 Å². The molecule has 3 aromatic rings. The van der Waals surface area contributed by atoms with E-state index >= 15 is 8.78 Å². The Bertz CT molecular complexity index is 1220. The molecular formula is C25H27F3N4O2. The van der Waals surface area contributed by atoms with Gasteiger partial charge in [-0.2, -0.15) is 0 Å². The van der Waals surface area contributed by atoms with Crippen molar-refractivity contribution in [2.45, 2.75) is 38.3 Å². The Morgan fingerprint density at radius 1 is 1.15 bits per heavy atom. The van der Waals surface area contributed by atoms with Crippen LogP contribution < -0.4 is 5.32 Å². The summed E-state index contributed by atoms with van der Waals surface area (Å²) in [5.41, 5.74) is -1.50. The summed E-state index contributed by atoms with van der Waals surface area (Å²) in [7, 11) is 0. The van der Waals surface area contributed by atoms with Crippen LogP contribution in [0.2, 0.25) is 0 Å². The molecule has 0 aliphatic carbocycles. The molecule has 0 spiro atoms. The van der Waals surface area contributed by atoms with Gasteiger partial charge in [0.15, 0.2) is 5.82 Å². The Morgan fingerprint density at radius 2 is 1.82 bits per heavy atom. The van der Waals surface area contributed by atoms with Gasteiger partial charge in [-0.3, -0.25) is 4.79 Å². The second kappa shape index (κ2) is 8.39. The number of aromatic amines is 1. The minimum atomic E-state index is -1.81. The van der Waals surface area contributed by atoms with Crippen LogP contribution in [0.25, 0.3) is 22.2 Å². The van der Waals surface area contributed by atoms with Crippen LogP contribution >= 0.6 is 0 Å². The first-order valence-corrected chi connectivity index (χ1v) is 11.6. The van der Waals surface area contributed by atoms with Gasteiger partial charge in [-0.05, 0) is 48.7 Å². The van der Waals surface area contributed by atoms with Gasteiger partial charge in [-0.15, -0.1) is 0 Å². The van der Waals surface area contributed by atoms with Gasteiger partial charge in [-0.1, -0.05) is 13.8 Å². The molecule has 4 atom stereocenters. The number of amides is 1. The number of nitrogens with zero attached hydrogens (tertiary/aromatic N) is 2. The maximum absolute atomic E-state index is 15.5. The highest BCUT2D eigenvalue weighted by molar-refractivity contribution is 5.93. The van der Waals surface area contributed by atoms with Crippen molar-refractivity contribution in [3.8, 4) is 11.1 Å². The fraction of sp³-hybridized carbons (Fsp3) is 0.440. The van der Waals surface area contributed by atoms with Crippen LogP contribution in [0.1, 0.15) is 32.3 Å². The van der Waals surface area contributed by atoms with E-state index in [2.05, 4.69) is 15.3 Å². The first kappa shape index (κ1) is 22.9. The van der Waals surface area contributed by atoms with Crippen LogP contribution in [-0.2, 0) is 10.4 Å². The van der Waals surface area contributed by atoms with Gasteiger partial charge in [-0.25, -0.2) is 18.2 Å². The van der Waals surface area contributed by atoms with Crippen LogP contribution in [0.3, 0.4) is 0 Å². The molecule has 5 rings (SSSR count). The summed E-state index contributed by atoms with van der Waals surface area (Å²) >= 11 is 0. The number of aliphatic hydroxyl groups is 1. The van der Waals surface area contributed by atoms with Crippen molar-refractivity contribution >= 4 is 16.9 Å². The Kier molecular flexibility index (Phi) is 5.64. The predicted molar refractivity (Wildman–Crippen MR) is 121 cm³/mol. The van der Waals surface area contributed by atoms with Crippen LogP contribution in [-0.4, -0.2) is 51.6 Å². The molecule has 2 saturated heterocycles. The van der Waals surface area contributed by atoms with E-state index in [9.17, 15) is 14.3 Å². The first-order chi connectivity index (χ1) is 16.2. The van der Waals surface area contributed by atoms with E-state index in [1.165, 1.54) is 12.3 Å². The molecule has 0 saturated carbocycles. The van der Waals surface area contributed by atoms with Gasteiger partial charge in [0, 0.05) is 37.3 Å². The smallest absolute Gasteiger partial charge is 0.239 e. The first-order valence-electron chi connectivity index (χ1n) is 11.6. The van der Waals surface area contributed by atoms with Gasteiger partial charge >= 0.3 is 0 Å². The molecule has 34 heavy (non-hydrogen) atoms. The van der Waals surface area contributed by atoms with Gasteiger partial charge in [0.05, 0.1) is 17.0 Å². The molecule has 1 aromatic carbocycles. The summed E-state index contributed by atoms with van der Waals surface area (Å²) in [4.78, 5) is 21.3. The van der Waals surface area contributed by atoms with Crippen molar-refractivity contribution in [1.29, 1.82) is 0 Å². The number of hydrogen-bond donors (Lipinski definition) is 3. The van der Waals surface area contributed by atoms with Crippen molar-refractivity contribution < 1.29 is 23.1 Å². The highest BCUT2D eigenvalue weighted by Gasteiger charge is 2.50. The number of halogens is 3. The maximum atomic E-state index is 15.5. The third-order valence-corrected chi connectivity index (χ3v) is 7.44. The number of benzene rings is 1. The van der Waals surface area contributed by atoms with Crippen molar-refractivity contribution in [2.75, 3.05) is 19.6 Å². The number of nitrogens with one attached hydrogen (secondary N) is 2. The topological polar surface area (TPSA) is 81.2 Å². The number of hydrogen-bond acceptors (Lipinski definition) is 4. The number of carbonyl (C=O) groups excluding carboxylic acids is 1. The number of pyridine rings is 1. The van der Waals surface area contributed by atoms with E-state index in [0.29, 0.717) is 5.56 Å². The third kappa shape index (κ3) is 3.49. The zero-order valence-corrected chi connectivity index (χ0v) is 19.0. The largest absolute Gasteiger partial charge is 0.384 e. The van der Waals surface area contributed by atoms with Crippen LogP contribution in [0, 0.1) is 29.3 Å². The minimum Gasteiger partial charge on any atom is -0.384 e. The second-order valence-electron chi connectivity index (χ2n) is 9.55. The fourth-order valence-electron chi connectivity index (χ4n) is 5.66. The number of piperidine rings is 1. The molecule has 3 N–H and O–H groups in total. The number of fused-ring (bicyclic) bond motifs is 1. The summed E-state index contributed by atoms with van der Waals surface area (Å²) in [6.45, 7) is 4.58. The van der Waals surface area contributed by atoms with E-state index in [0.717, 1.165) is 37.7 Å². The summed E-state index contributed by atoms with van der Waals surface area (Å²) in [5.74, 6) is -3.64. The fourth-order valence-corrected chi connectivity index (χ4v) is 5.66. The highest BCUT2D eigenvalue weighted by atomic mass is 19.1. The second-order valence-corrected chi connectivity index (χ2v) is 9.55. The molecule has 2 fully saturated rings. The molecular weight excluding hydrogens is 445 g/mol. The molecule has 2 aliphatic heterocycles. The molecule has 4 heterocycles. The highest BCUT2D eigenvalue weighted by Crippen LogP contribution is 2.45. The zero-order valence-electron chi connectivity index (χ0n) is 19.0. The van der Waals surface area contributed by atoms with E-state index in [-0.39, 0.29) is 41.6 Å². The van der Waals surface area contributed by atoms with E-state index in [1.54, 1.807) is 18.7 Å². The molecule has 2 aliphatic rings. The molecule has 0 bridgehead atoms. The van der Waals surface area contributed by atoms with Gasteiger partial charge in [0.25, 0.3) is 0 Å².